The highest BCUT2D eigenvalue weighted by Crippen LogP contribution is 2.23. The number of benzene rings is 1. The minimum Gasteiger partial charge on any atom is -0.419 e. The van der Waals surface area contributed by atoms with Crippen molar-refractivity contribution in [1.29, 1.82) is 0 Å². The van der Waals surface area contributed by atoms with E-state index in [0.29, 0.717) is 18.3 Å². The second kappa shape index (κ2) is 4.62. The lowest BCUT2D eigenvalue weighted by molar-refractivity contribution is 0.498. The summed E-state index contributed by atoms with van der Waals surface area (Å²) in [6.45, 7) is 0.629. The highest BCUT2D eigenvalue weighted by molar-refractivity contribution is 5.84. The van der Waals surface area contributed by atoms with Crippen molar-refractivity contribution in [2.45, 2.75) is 12.8 Å². The third-order valence-corrected chi connectivity index (χ3v) is 2.82. The molecule has 0 fully saturated rings. The summed E-state index contributed by atoms with van der Waals surface area (Å²) in [7, 11) is 0. The standard InChI is InChI=1S/C13H14N4O/c14-7-3-6-12-16-17-13(18-12)11-8-9-4-1-2-5-10(9)15-11/h1-2,4-5,8,15H,3,6-7,14H2. The summed E-state index contributed by atoms with van der Waals surface area (Å²) in [4.78, 5) is 3.26. The second-order valence-electron chi connectivity index (χ2n) is 4.16. The van der Waals surface area contributed by atoms with Crippen molar-refractivity contribution >= 4 is 10.9 Å². The number of aromatic amines is 1. The first-order chi connectivity index (χ1) is 8.86. The van der Waals surface area contributed by atoms with Crippen molar-refractivity contribution in [3.8, 4) is 11.6 Å². The fraction of sp³-hybridized carbons (Fsp3) is 0.231. The normalized spacial score (nSPS) is 11.2. The summed E-state index contributed by atoms with van der Waals surface area (Å²) in [5.41, 5.74) is 7.36. The minimum absolute atomic E-state index is 0.526. The van der Waals surface area contributed by atoms with Gasteiger partial charge in [0, 0.05) is 17.3 Å². The number of aryl methyl sites for hydroxylation is 1. The monoisotopic (exact) mass is 242 g/mol. The van der Waals surface area contributed by atoms with E-state index in [4.69, 9.17) is 10.2 Å². The average Bonchev–Trinajstić information content (AvgIpc) is 3.02. The predicted molar refractivity (Wildman–Crippen MR) is 69.0 cm³/mol. The van der Waals surface area contributed by atoms with Gasteiger partial charge in [-0.25, -0.2) is 0 Å². The number of rotatable bonds is 4. The van der Waals surface area contributed by atoms with E-state index in [-0.39, 0.29) is 0 Å². The maximum atomic E-state index is 5.59. The summed E-state index contributed by atoms with van der Waals surface area (Å²) >= 11 is 0. The van der Waals surface area contributed by atoms with Crippen molar-refractivity contribution in [3.05, 3.63) is 36.2 Å². The Labute approximate surface area is 104 Å². The fourth-order valence-corrected chi connectivity index (χ4v) is 1.91. The molecule has 0 aliphatic heterocycles. The van der Waals surface area contributed by atoms with Crippen LogP contribution in [0, 0.1) is 0 Å². The Kier molecular flexibility index (Phi) is 2.82. The Bertz CT molecular complexity index is 623. The van der Waals surface area contributed by atoms with Gasteiger partial charge in [0.05, 0.1) is 0 Å². The first-order valence-corrected chi connectivity index (χ1v) is 5.97. The predicted octanol–water partition coefficient (Wildman–Crippen LogP) is 2.11. The molecule has 0 atom stereocenters. The molecule has 0 bridgehead atoms. The molecule has 92 valence electrons. The van der Waals surface area contributed by atoms with Gasteiger partial charge in [-0.05, 0) is 25.1 Å². The van der Waals surface area contributed by atoms with Crippen LogP contribution >= 0.6 is 0 Å². The lowest BCUT2D eigenvalue weighted by Gasteiger charge is -1.90. The van der Waals surface area contributed by atoms with Crippen molar-refractivity contribution in [2.75, 3.05) is 6.54 Å². The Hall–Kier alpha value is -2.14. The van der Waals surface area contributed by atoms with Crippen molar-refractivity contribution in [1.82, 2.24) is 15.2 Å². The maximum Gasteiger partial charge on any atom is 0.264 e. The molecule has 2 aromatic heterocycles. The van der Waals surface area contributed by atoms with Crippen LogP contribution in [0.5, 0.6) is 0 Å². The largest absolute Gasteiger partial charge is 0.419 e. The number of nitrogens with one attached hydrogen (secondary N) is 1. The van der Waals surface area contributed by atoms with Crippen LogP contribution in [-0.4, -0.2) is 21.7 Å². The molecule has 0 aliphatic carbocycles. The number of nitrogens with two attached hydrogens (primary N) is 1. The zero-order chi connectivity index (χ0) is 12.4. The van der Waals surface area contributed by atoms with Gasteiger partial charge in [0.15, 0.2) is 0 Å². The zero-order valence-electron chi connectivity index (χ0n) is 9.89. The molecular formula is C13H14N4O. The Morgan fingerprint density at radius 3 is 2.94 bits per heavy atom. The van der Waals surface area contributed by atoms with Crippen molar-refractivity contribution in [3.63, 3.8) is 0 Å². The van der Waals surface area contributed by atoms with Gasteiger partial charge in [-0.3, -0.25) is 0 Å². The summed E-state index contributed by atoms with van der Waals surface area (Å²) in [6.07, 6.45) is 1.58. The zero-order valence-corrected chi connectivity index (χ0v) is 9.89. The fourth-order valence-electron chi connectivity index (χ4n) is 1.91. The smallest absolute Gasteiger partial charge is 0.264 e. The van der Waals surface area contributed by atoms with Gasteiger partial charge in [0.2, 0.25) is 5.89 Å². The highest BCUT2D eigenvalue weighted by atomic mass is 16.4. The van der Waals surface area contributed by atoms with Gasteiger partial charge in [-0.2, -0.15) is 0 Å². The first kappa shape index (κ1) is 11.0. The number of nitrogens with zero attached hydrogens (tertiary/aromatic N) is 2. The van der Waals surface area contributed by atoms with E-state index in [1.54, 1.807) is 0 Å². The summed E-state index contributed by atoms with van der Waals surface area (Å²) in [6, 6.07) is 10.1. The molecule has 0 unspecified atom stereocenters. The molecule has 0 aliphatic rings. The van der Waals surface area contributed by atoms with Crippen LogP contribution in [0.2, 0.25) is 0 Å². The third-order valence-electron chi connectivity index (χ3n) is 2.82. The van der Waals surface area contributed by atoms with E-state index in [9.17, 15) is 0 Å². The highest BCUT2D eigenvalue weighted by Gasteiger charge is 2.10. The van der Waals surface area contributed by atoms with E-state index in [1.807, 2.05) is 30.3 Å². The van der Waals surface area contributed by atoms with Crippen LogP contribution in [0.25, 0.3) is 22.5 Å². The van der Waals surface area contributed by atoms with E-state index >= 15 is 0 Å². The summed E-state index contributed by atoms with van der Waals surface area (Å²) in [5, 5.41) is 9.19. The molecule has 3 N–H and O–H groups in total. The lowest BCUT2D eigenvalue weighted by atomic mass is 10.2. The van der Waals surface area contributed by atoms with Gasteiger partial charge >= 0.3 is 0 Å². The van der Waals surface area contributed by atoms with E-state index in [1.165, 1.54) is 0 Å². The van der Waals surface area contributed by atoms with E-state index < -0.39 is 0 Å². The molecule has 0 saturated carbocycles. The van der Waals surface area contributed by atoms with Crippen LogP contribution in [0.1, 0.15) is 12.3 Å². The molecule has 3 rings (SSSR count). The van der Waals surface area contributed by atoms with Gasteiger partial charge < -0.3 is 15.1 Å². The number of para-hydroxylation sites is 1. The minimum atomic E-state index is 0.526. The topological polar surface area (TPSA) is 80.7 Å². The molecule has 5 heteroatoms. The second-order valence-corrected chi connectivity index (χ2v) is 4.16. The van der Waals surface area contributed by atoms with E-state index in [0.717, 1.165) is 29.4 Å². The molecule has 2 heterocycles. The van der Waals surface area contributed by atoms with Crippen molar-refractivity contribution in [2.24, 2.45) is 5.73 Å². The molecule has 0 saturated heterocycles. The molecule has 1 aromatic carbocycles. The molecular weight excluding hydrogens is 228 g/mol. The SMILES string of the molecule is NCCCc1nnc(-c2cc3ccccc3[nH]2)o1. The van der Waals surface area contributed by atoms with Gasteiger partial charge in [0.25, 0.3) is 5.89 Å². The number of H-pyrrole nitrogens is 1. The van der Waals surface area contributed by atoms with Crippen LogP contribution in [-0.2, 0) is 6.42 Å². The average molecular weight is 242 g/mol. The van der Waals surface area contributed by atoms with Crippen LogP contribution in [0.15, 0.2) is 34.7 Å². The molecule has 0 amide bonds. The van der Waals surface area contributed by atoms with E-state index in [2.05, 4.69) is 15.2 Å². The Balaban J connectivity index is 1.91. The van der Waals surface area contributed by atoms with Crippen LogP contribution in [0.3, 0.4) is 0 Å². The number of hydrogen-bond acceptors (Lipinski definition) is 4. The number of hydrogen-bond donors (Lipinski definition) is 2. The quantitative estimate of drug-likeness (QED) is 0.734. The number of fused-ring (bicyclic) bond motifs is 1. The Morgan fingerprint density at radius 1 is 1.22 bits per heavy atom. The molecule has 3 aromatic rings. The van der Waals surface area contributed by atoms with Gasteiger partial charge in [-0.15, -0.1) is 10.2 Å². The molecule has 0 spiro atoms. The van der Waals surface area contributed by atoms with Gasteiger partial charge in [-0.1, -0.05) is 18.2 Å². The van der Waals surface area contributed by atoms with Crippen LogP contribution < -0.4 is 5.73 Å². The Morgan fingerprint density at radius 2 is 2.11 bits per heavy atom. The molecule has 18 heavy (non-hydrogen) atoms. The summed E-state index contributed by atoms with van der Waals surface area (Å²) < 4.78 is 5.59. The van der Waals surface area contributed by atoms with Crippen molar-refractivity contribution < 1.29 is 4.42 Å². The first-order valence-electron chi connectivity index (χ1n) is 5.97. The van der Waals surface area contributed by atoms with Gasteiger partial charge in [0.1, 0.15) is 5.69 Å². The van der Waals surface area contributed by atoms with Crippen LogP contribution in [0.4, 0.5) is 0 Å². The molecule has 0 radical (unpaired) electrons. The number of aromatic nitrogens is 3. The summed E-state index contributed by atoms with van der Waals surface area (Å²) in [5.74, 6) is 1.16. The molecule has 5 nitrogen and oxygen atoms in total. The maximum absolute atomic E-state index is 5.59. The third kappa shape index (κ3) is 2.00. The lowest BCUT2D eigenvalue weighted by Crippen LogP contribution is -2.00.